The van der Waals surface area contributed by atoms with Crippen LogP contribution in [0.1, 0.15) is 17.1 Å². The van der Waals surface area contributed by atoms with Crippen LogP contribution in [0, 0.1) is 13.8 Å². The maximum atomic E-state index is 5.93. The molecule has 0 saturated carbocycles. The number of rotatable bonds is 2. The molecule has 0 bridgehead atoms. The van der Waals surface area contributed by atoms with E-state index in [1.807, 2.05) is 13.8 Å². The van der Waals surface area contributed by atoms with E-state index in [0.29, 0.717) is 22.4 Å². The second kappa shape index (κ2) is 4.38. The highest BCUT2D eigenvalue weighted by atomic mass is 35.5. The Bertz CT molecular complexity index is 573. The highest BCUT2D eigenvalue weighted by Crippen LogP contribution is 2.14. The molecule has 0 radical (unpaired) electrons. The molecule has 5 nitrogen and oxygen atoms in total. The third kappa shape index (κ3) is 2.42. The Balaban J connectivity index is 2.55. The highest BCUT2D eigenvalue weighted by molar-refractivity contribution is 7.80. The summed E-state index contributed by atoms with van der Waals surface area (Å²) in [4.78, 5) is 8.71. The van der Waals surface area contributed by atoms with Gasteiger partial charge in [-0.3, -0.25) is 0 Å². The van der Waals surface area contributed by atoms with Gasteiger partial charge < -0.3 is 5.73 Å². The maximum absolute atomic E-state index is 5.93. The van der Waals surface area contributed by atoms with Crippen LogP contribution in [0.5, 0.6) is 0 Å². The average molecular weight is 268 g/mol. The molecule has 0 aliphatic heterocycles. The molecular weight excluding hydrogens is 258 g/mol. The van der Waals surface area contributed by atoms with Crippen molar-refractivity contribution in [2.45, 2.75) is 13.8 Å². The lowest BCUT2D eigenvalue weighted by atomic mass is 10.3. The van der Waals surface area contributed by atoms with Crippen molar-refractivity contribution in [3.05, 3.63) is 34.4 Å². The van der Waals surface area contributed by atoms with E-state index in [4.69, 9.17) is 29.6 Å². The highest BCUT2D eigenvalue weighted by Gasteiger charge is 2.09. The van der Waals surface area contributed by atoms with E-state index in [1.54, 1.807) is 12.3 Å². The van der Waals surface area contributed by atoms with Gasteiger partial charge in [0.05, 0.1) is 16.9 Å². The average Bonchev–Trinajstić information content (AvgIpc) is 2.58. The van der Waals surface area contributed by atoms with Gasteiger partial charge in [0.15, 0.2) is 0 Å². The van der Waals surface area contributed by atoms with Crippen LogP contribution in [0.3, 0.4) is 0 Å². The minimum atomic E-state index is 0.228. The van der Waals surface area contributed by atoms with Crippen molar-refractivity contribution in [2.24, 2.45) is 5.73 Å². The predicted molar refractivity (Wildman–Crippen MR) is 69.5 cm³/mol. The summed E-state index contributed by atoms with van der Waals surface area (Å²) in [7, 11) is 0. The first kappa shape index (κ1) is 11.9. The lowest BCUT2D eigenvalue weighted by molar-refractivity contribution is 0.789. The summed E-state index contributed by atoms with van der Waals surface area (Å²) in [6.45, 7) is 3.65. The number of halogens is 1. The second-order valence-electron chi connectivity index (χ2n) is 3.57. The molecule has 2 aromatic rings. The summed E-state index contributed by atoms with van der Waals surface area (Å²) in [5.41, 5.74) is 7.55. The van der Waals surface area contributed by atoms with E-state index in [0.717, 1.165) is 5.69 Å². The van der Waals surface area contributed by atoms with Crippen molar-refractivity contribution in [1.82, 2.24) is 19.7 Å². The fourth-order valence-electron chi connectivity index (χ4n) is 1.32. The van der Waals surface area contributed by atoms with Gasteiger partial charge in [0.25, 0.3) is 5.95 Å². The molecule has 0 atom stereocenters. The molecule has 0 unspecified atom stereocenters. The zero-order valence-corrected chi connectivity index (χ0v) is 10.9. The molecule has 17 heavy (non-hydrogen) atoms. The van der Waals surface area contributed by atoms with Crippen molar-refractivity contribution in [2.75, 3.05) is 0 Å². The van der Waals surface area contributed by atoms with E-state index in [-0.39, 0.29) is 4.99 Å². The molecule has 88 valence electrons. The van der Waals surface area contributed by atoms with Gasteiger partial charge in [-0.2, -0.15) is 5.10 Å². The maximum Gasteiger partial charge on any atom is 0.251 e. The molecule has 2 rings (SSSR count). The zero-order chi connectivity index (χ0) is 12.6. The van der Waals surface area contributed by atoms with Crippen molar-refractivity contribution < 1.29 is 0 Å². The fraction of sp³-hybridized carbons (Fsp3) is 0.200. The van der Waals surface area contributed by atoms with E-state index < -0.39 is 0 Å². The lowest BCUT2D eigenvalue weighted by Gasteiger charge is -2.04. The third-order valence-electron chi connectivity index (χ3n) is 2.14. The van der Waals surface area contributed by atoms with Crippen molar-refractivity contribution in [1.29, 1.82) is 0 Å². The number of nitrogens with two attached hydrogens (primary N) is 1. The van der Waals surface area contributed by atoms with Crippen LogP contribution in [0.4, 0.5) is 0 Å². The molecule has 0 amide bonds. The molecular formula is C10H10ClN5S. The normalized spacial score (nSPS) is 10.5. The van der Waals surface area contributed by atoms with Gasteiger partial charge in [0.1, 0.15) is 10.7 Å². The smallest absolute Gasteiger partial charge is 0.251 e. The Morgan fingerprint density at radius 3 is 2.65 bits per heavy atom. The van der Waals surface area contributed by atoms with Crippen molar-refractivity contribution in [3.63, 3.8) is 0 Å². The molecule has 0 aromatic carbocycles. The van der Waals surface area contributed by atoms with Gasteiger partial charge in [0, 0.05) is 5.69 Å². The van der Waals surface area contributed by atoms with Crippen molar-refractivity contribution >= 4 is 28.8 Å². The van der Waals surface area contributed by atoms with E-state index >= 15 is 0 Å². The van der Waals surface area contributed by atoms with Crippen LogP contribution >= 0.6 is 23.8 Å². The standard InChI is InChI=1S/C10H10ClN5S/c1-5-3-8(9(12)17)14-10(13-5)16-4-7(11)6(2)15-16/h3-4H,1-2H3,(H2,12,17). The van der Waals surface area contributed by atoms with E-state index in [1.165, 1.54) is 4.68 Å². The van der Waals surface area contributed by atoms with Gasteiger partial charge in [0.2, 0.25) is 0 Å². The molecule has 0 fully saturated rings. The summed E-state index contributed by atoms with van der Waals surface area (Å²) in [5, 5.41) is 4.76. The summed E-state index contributed by atoms with van der Waals surface area (Å²) < 4.78 is 1.51. The van der Waals surface area contributed by atoms with E-state index in [2.05, 4.69) is 15.1 Å². The molecule has 2 aromatic heterocycles. The summed E-state index contributed by atoms with van der Waals surface area (Å²) >= 11 is 10.8. The number of thiocarbonyl (C=S) groups is 1. The summed E-state index contributed by atoms with van der Waals surface area (Å²) in [5.74, 6) is 0.405. The Hall–Kier alpha value is -1.53. The number of aromatic nitrogens is 4. The quantitative estimate of drug-likeness (QED) is 0.837. The van der Waals surface area contributed by atoms with Crippen LogP contribution in [-0.2, 0) is 0 Å². The van der Waals surface area contributed by atoms with E-state index in [9.17, 15) is 0 Å². The fourth-order valence-corrected chi connectivity index (χ4v) is 1.56. The van der Waals surface area contributed by atoms with Gasteiger partial charge in [-0.15, -0.1) is 0 Å². The second-order valence-corrected chi connectivity index (χ2v) is 4.41. The number of aryl methyl sites for hydroxylation is 2. The van der Waals surface area contributed by atoms with Crippen LogP contribution in [0.2, 0.25) is 5.02 Å². The topological polar surface area (TPSA) is 69.6 Å². The summed E-state index contributed by atoms with van der Waals surface area (Å²) in [6.07, 6.45) is 1.65. The first-order valence-corrected chi connectivity index (χ1v) is 5.63. The molecule has 2 heterocycles. The number of hydrogen-bond acceptors (Lipinski definition) is 4. The number of nitrogens with zero attached hydrogens (tertiary/aromatic N) is 4. The largest absolute Gasteiger partial charge is 0.388 e. The van der Waals surface area contributed by atoms with Gasteiger partial charge in [-0.25, -0.2) is 14.6 Å². The first-order chi connectivity index (χ1) is 7.97. The molecule has 0 aliphatic carbocycles. The predicted octanol–water partition coefficient (Wildman–Crippen LogP) is 1.57. The summed E-state index contributed by atoms with van der Waals surface area (Å²) in [6, 6.07) is 1.73. The minimum absolute atomic E-state index is 0.228. The Kier molecular flexibility index (Phi) is 3.08. The Labute approximate surface area is 109 Å². The minimum Gasteiger partial charge on any atom is -0.388 e. The lowest BCUT2D eigenvalue weighted by Crippen LogP contribution is -2.15. The number of hydrogen-bond donors (Lipinski definition) is 1. The van der Waals surface area contributed by atoms with Crippen LogP contribution in [-0.4, -0.2) is 24.7 Å². The van der Waals surface area contributed by atoms with Gasteiger partial charge in [-0.1, -0.05) is 23.8 Å². The zero-order valence-electron chi connectivity index (χ0n) is 9.31. The van der Waals surface area contributed by atoms with Crippen molar-refractivity contribution in [3.8, 4) is 5.95 Å². The molecule has 2 N–H and O–H groups in total. The van der Waals surface area contributed by atoms with Gasteiger partial charge >= 0.3 is 0 Å². The first-order valence-electron chi connectivity index (χ1n) is 4.85. The van der Waals surface area contributed by atoms with Gasteiger partial charge in [-0.05, 0) is 19.9 Å². The Morgan fingerprint density at radius 1 is 1.41 bits per heavy atom. The van der Waals surface area contributed by atoms with Crippen LogP contribution in [0.15, 0.2) is 12.3 Å². The Morgan fingerprint density at radius 2 is 2.12 bits per heavy atom. The third-order valence-corrected chi connectivity index (χ3v) is 2.72. The monoisotopic (exact) mass is 267 g/mol. The molecule has 0 aliphatic rings. The molecule has 0 saturated heterocycles. The molecule has 7 heteroatoms. The van der Waals surface area contributed by atoms with Crippen LogP contribution in [0.25, 0.3) is 5.95 Å². The van der Waals surface area contributed by atoms with Crippen LogP contribution < -0.4 is 5.73 Å². The SMILES string of the molecule is Cc1cc(C(N)=S)nc(-n2cc(Cl)c(C)n2)n1. The molecule has 0 spiro atoms.